The first kappa shape index (κ1) is 27.6. The Labute approximate surface area is 282 Å². The normalized spacial score (nSPS) is 11.8. The van der Waals surface area contributed by atoms with E-state index in [9.17, 15) is 4.39 Å². The van der Waals surface area contributed by atoms with Crippen LogP contribution < -0.4 is 0 Å². The van der Waals surface area contributed by atoms with Gasteiger partial charge in [0.15, 0.2) is 0 Å². The maximum atomic E-state index is 13.9. The zero-order valence-corrected chi connectivity index (χ0v) is 26.5. The van der Waals surface area contributed by atoms with Gasteiger partial charge in [-0.05, 0) is 99.8 Å². The molecule has 0 radical (unpaired) electrons. The summed E-state index contributed by atoms with van der Waals surface area (Å²) in [4.78, 5) is 0. The fourth-order valence-corrected chi connectivity index (χ4v) is 7.62. The minimum atomic E-state index is -0.236. The van der Waals surface area contributed by atoms with Crippen LogP contribution in [0.3, 0.4) is 0 Å². The number of nitrogens with zero attached hydrogens (tertiary/aromatic N) is 2. The Morgan fingerprint density at radius 3 is 1.55 bits per heavy atom. The lowest BCUT2D eigenvalue weighted by atomic mass is 9.98. The van der Waals surface area contributed by atoms with E-state index in [4.69, 9.17) is 0 Å². The molecule has 230 valence electrons. The fraction of sp³-hybridized carbons (Fsp3) is 0. The second-order valence-electron chi connectivity index (χ2n) is 12.8. The first-order valence-corrected chi connectivity index (χ1v) is 16.6. The van der Waals surface area contributed by atoms with Crippen LogP contribution in [0.25, 0.3) is 88.0 Å². The lowest BCUT2D eigenvalue weighted by Crippen LogP contribution is -1.94. The topological polar surface area (TPSA) is 9.86 Å². The first-order chi connectivity index (χ1) is 24.2. The van der Waals surface area contributed by atoms with Gasteiger partial charge in [0, 0.05) is 32.9 Å². The number of rotatable bonds is 4. The van der Waals surface area contributed by atoms with Gasteiger partial charge in [-0.3, -0.25) is 0 Å². The van der Waals surface area contributed by atoms with Gasteiger partial charge in [0.1, 0.15) is 5.82 Å². The fourth-order valence-electron chi connectivity index (χ4n) is 7.62. The van der Waals surface area contributed by atoms with Crippen LogP contribution in [0.15, 0.2) is 176 Å². The standard InChI is InChI=1S/C46H29FN2/c47-36-20-23-37(24-21-36)48-43-11-5-3-9-39(43)41-25-18-35(29-46(41)48)32-15-13-31(14-16-32)34-19-26-45-42(28-34)40-10-4-6-12-44(40)49(45)38-22-17-30-7-1-2-8-33(30)27-38/h1-29H. The van der Waals surface area contributed by atoms with Gasteiger partial charge in [-0.25, -0.2) is 4.39 Å². The van der Waals surface area contributed by atoms with Crippen molar-refractivity contribution in [2.24, 2.45) is 0 Å². The van der Waals surface area contributed by atoms with Crippen LogP contribution >= 0.6 is 0 Å². The molecule has 2 nitrogen and oxygen atoms in total. The maximum Gasteiger partial charge on any atom is 0.123 e. The molecular formula is C46H29FN2. The molecule has 0 saturated carbocycles. The van der Waals surface area contributed by atoms with E-state index >= 15 is 0 Å². The van der Waals surface area contributed by atoms with Crippen LogP contribution in [-0.4, -0.2) is 9.13 Å². The number of fused-ring (bicyclic) bond motifs is 7. The maximum absolute atomic E-state index is 13.9. The molecule has 49 heavy (non-hydrogen) atoms. The van der Waals surface area contributed by atoms with Gasteiger partial charge in [-0.2, -0.15) is 0 Å². The Balaban J connectivity index is 1.06. The van der Waals surface area contributed by atoms with Gasteiger partial charge in [0.25, 0.3) is 0 Å². The highest BCUT2D eigenvalue weighted by Gasteiger charge is 2.15. The van der Waals surface area contributed by atoms with Crippen LogP contribution in [0.4, 0.5) is 4.39 Å². The molecule has 0 aliphatic heterocycles. The van der Waals surface area contributed by atoms with Crippen molar-refractivity contribution >= 4 is 54.4 Å². The molecule has 0 N–H and O–H groups in total. The van der Waals surface area contributed by atoms with Crippen molar-refractivity contribution in [3.8, 4) is 33.6 Å². The molecule has 2 aromatic heterocycles. The Kier molecular flexibility index (Phi) is 6.09. The molecule has 0 aliphatic carbocycles. The van der Waals surface area contributed by atoms with Crippen molar-refractivity contribution < 1.29 is 4.39 Å². The molecule has 0 fully saturated rings. The molecule has 0 aliphatic rings. The zero-order chi connectivity index (χ0) is 32.5. The third-order valence-corrected chi connectivity index (χ3v) is 9.97. The van der Waals surface area contributed by atoms with Gasteiger partial charge in [-0.1, -0.05) is 109 Å². The molecule has 0 spiro atoms. The van der Waals surface area contributed by atoms with Crippen molar-refractivity contribution in [2.75, 3.05) is 0 Å². The molecule has 3 heteroatoms. The van der Waals surface area contributed by atoms with Crippen LogP contribution in [0, 0.1) is 5.82 Å². The summed E-state index contributed by atoms with van der Waals surface area (Å²) in [5, 5.41) is 7.32. The van der Waals surface area contributed by atoms with Crippen molar-refractivity contribution in [3.05, 3.63) is 182 Å². The van der Waals surface area contributed by atoms with Crippen LogP contribution in [0.2, 0.25) is 0 Å². The second-order valence-corrected chi connectivity index (χ2v) is 12.8. The summed E-state index contributed by atoms with van der Waals surface area (Å²) in [5.74, 6) is -0.236. The zero-order valence-electron chi connectivity index (χ0n) is 26.5. The highest BCUT2D eigenvalue weighted by Crippen LogP contribution is 2.38. The van der Waals surface area contributed by atoms with E-state index in [0.717, 1.165) is 33.5 Å². The third kappa shape index (κ3) is 4.40. The molecule has 0 atom stereocenters. The second kappa shape index (κ2) is 10.8. The Morgan fingerprint density at radius 1 is 0.306 bits per heavy atom. The van der Waals surface area contributed by atoms with Crippen molar-refractivity contribution in [1.29, 1.82) is 0 Å². The highest BCUT2D eigenvalue weighted by molar-refractivity contribution is 6.11. The number of para-hydroxylation sites is 2. The third-order valence-electron chi connectivity index (χ3n) is 9.97. The van der Waals surface area contributed by atoms with Gasteiger partial charge in [0.05, 0.1) is 22.1 Å². The minimum absolute atomic E-state index is 0.236. The number of benzene rings is 8. The summed E-state index contributed by atoms with van der Waals surface area (Å²) >= 11 is 0. The lowest BCUT2D eigenvalue weighted by molar-refractivity contribution is 0.627. The largest absolute Gasteiger partial charge is 0.309 e. The quantitative estimate of drug-likeness (QED) is 0.184. The predicted molar refractivity (Wildman–Crippen MR) is 203 cm³/mol. The molecule has 10 aromatic rings. The molecule has 2 heterocycles. The van der Waals surface area contributed by atoms with Gasteiger partial charge >= 0.3 is 0 Å². The number of hydrogen-bond donors (Lipinski definition) is 0. The summed E-state index contributed by atoms with van der Waals surface area (Å²) in [6, 6.07) is 61.4. The van der Waals surface area contributed by atoms with E-state index in [0.29, 0.717) is 0 Å². The Bertz CT molecular complexity index is 2870. The van der Waals surface area contributed by atoms with E-state index in [1.807, 2.05) is 12.1 Å². The highest BCUT2D eigenvalue weighted by atomic mass is 19.1. The van der Waals surface area contributed by atoms with Crippen molar-refractivity contribution in [3.63, 3.8) is 0 Å². The van der Waals surface area contributed by atoms with E-state index < -0.39 is 0 Å². The minimum Gasteiger partial charge on any atom is -0.309 e. The average molecular weight is 629 g/mol. The Morgan fingerprint density at radius 2 is 0.816 bits per heavy atom. The smallest absolute Gasteiger partial charge is 0.123 e. The van der Waals surface area contributed by atoms with Crippen molar-refractivity contribution in [1.82, 2.24) is 9.13 Å². The van der Waals surface area contributed by atoms with Crippen LogP contribution in [0.5, 0.6) is 0 Å². The van der Waals surface area contributed by atoms with E-state index in [2.05, 4.69) is 161 Å². The molecule has 0 bridgehead atoms. The summed E-state index contributed by atoms with van der Waals surface area (Å²) in [7, 11) is 0. The number of hydrogen-bond acceptors (Lipinski definition) is 0. The summed E-state index contributed by atoms with van der Waals surface area (Å²) in [6.45, 7) is 0. The monoisotopic (exact) mass is 628 g/mol. The SMILES string of the molecule is Fc1ccc(-n2c3ccccc3c3ccc(-c4ccc(-c5ccc6c(c5)c5ccccc5n6-c5ccc6ccccc6c5)cc4)cc32)cc1. The first-order valence-electron chi connectivity index (χ1n) is 16.6. The molecule has 0 saturated heterocycles. The summed E-state index contributed by atoms with van der Waals surface area (Å²) in [6.07, 6.45) is 0. The van der Waals surface area contributed by atoms with Gasteiger partial charge < -0.3 is 9.13 Å². The van der Waals surface area contributed by atoms with Crippen molar-refractivity contribution in [2.45, 2.75) is 0 Å². The van der Waals surface area contributed by atoms with E-state index in [-0.39, 0.29) is 5.82 Å². The lowest BCUT2D eigenvalue weighted by Gasteiger charge is -2.10. The molecule has 0 amide bonds. The number of aromatic nitrogens is 2. The molecular weight excluding hydrogens is 600 g/mol. The summed E-state index contributed by atoms with van der Waals surface area (Å²) in [5.41, 5.74) is 11.4. The summed E-state index contributed by atoms with van der Waals surface area (Å²) < 4.78 is 18.5. The molecule has 0 unspecified atom stereocenters. The number of halogens is 1. The average Bonchev–Trinajstić information content (AvgIpc) is 3.67. The van der Waals surface area contributed by atoms with Gasteiger partial charge in [0.2, 0.25) is 0 Å². The Hall–Kier alpha value is -6.45. The van der Waals surface area contributed by atoms with E-state index in [1.54, 1.807) is 0 Å². The van der Waals surface area contributed by atoms with Gasteiger partial charge in [-0.15, -0.1) is 0 Å². The van der Waals surface area contributed by atoms with E-state index in [1.165, 1.54) is 66.6 Å². The predicted octanol–water partition coefficient (Wildman–Crippen LogP) is 12.5. The van der Waals surface area contributed by atoms with Crippen LogP contribution in [0.1, 0.15) is 0 Å². The van der Waals surface area contributed by atoms with Crippen LogP contribution in [-0.2, 0) is 0 Å². The molecule has 10 rings (SSSR count). The molecule has 8 aromatic carbocycles.